The molecule has 0 bridgehead atoms. The molecule has 0 spiro atoms. The zero-order chi connectivity index (χ0) is 15.0. The number of carbonyl (C=O) groups excluding carboxylic acids is 1. The Morgan fingerprint density at radius 2 is 2.19 bits per heavy atom. The van der Waals surface area contributed by atoms with Crippen molar-refractivity contribution in [3.63, 3.8) is 0 Å². The van der Waals surface area contributed by atoms with Crippen molar-refractivity contribution in [2.24, 2.45) is 0 Å². The largest absolute Gasteiger partial charge is 0.348 e. The number of rotatable bonds is 3. The van der Waals surface area contributed by atoms with Crippen LogP contribution in [0.2, 0.25) is 5.02 Å². The van der Waals surface area contributed by atoms with Crippen LogP contribution >= 0.6 is 11.6 Å². The summed E-state index contributed by atoms with van der Waals surface area (Å²) in [5.41, 5.74) is 0.179. The fourth-order valence-electron chi connectivity index (χ4n) is 3.30. The molecule has 2 saturated heterocycles. The summed E-state index contributed by atoms with van der Waals surface area (Å²) in [6, 6.07) is 4.67. The summed E-state index contributed by atoms with van der Waals surface area (Å²) in [7, 11) is 0. The van der Waals surface area contributed by atoms with Crippen molar-refractivity contribution in [1.29, 1.82) is 0 Å². The molecule has 0 aliphatic carbocycles. The highest BCUT2D eigenvalue weighted by Crippen LogP contribution is 2.29. The molecule has 1 aromatic carbocycles. The quantitative estimate of drug-likeness (QED) is 0.686. The van der Waals surface area contributed by atoms with E-state index in [0.717, 1.165) is 25.9 Å². The summed E-state index contributed by atoms with van der Waals surface area (Å²) in [6.45, 7) is 2.14. The predicted octanol–water partition coefficient (Wildman–Crippen LogP) is 2.21. The number of amides is 1. The van der Waals surface area contributed by atoms with E-state index in [4.69, 9.17) is 11.6 Å². The first-order chi connectivity index (χ1) is 10.1. The van der Waals surface area contributed by atoms with Gasteiger partial charge in [-0.2, -0.15) is 0 Å². The van der Waals surface area contributed by atoms with Gasteiger partial charge >= 0.3 is 0 Å². The molecular weight excluding hydrogens is 294 g/mol. The lowest BCUT2D eigenvalue weighted by molar-refractivity contribution is -0.384. The Balaban J connectivity index is 1.71. The summed E-state index contributed by atoms with van der Waals surface area (Å²) in [5.74, 6) is -0.217. The van der Waals surface area contributed by atoms with Crippen molar-refractivity contribution >= 4 is 23.2 Å². The van der Waals surface area contributed by atoms with Crippen molar-refractivity contribution in [1.82, 2.24) is 10.2 Å². The molecule has 1 N–H and O–H groups in total. The first-order valence-corrected chi connectivity index (χ1v) is 7.43. The number of halogens is 1. The first kappa shape index (κ1) is 14.3. The molecule has 2 aliphatic heterocycles. The number of nitro benzene ring substituents is 1. The van der Waals surface area contributed by atoms with E-state index in [1.165, 1.54) is 24.6 Å². The van der Waals surface area contributed by atoms with Crippen LogP contribution in [0.1, 0.15) is 29.6 Å². The molecular formula is C14H16ClN3O3. The minimum Gasteiger partial charge on any atom is -0.348 e. The number of fused-ring (bicyclic) bond motifs is 1. The van der Waals surface area contributed by atoms with Crippen LogP contribution in [-0.4, -0.2) is 40.9 Å². The van der Waals surface area contributed by atoms with Crippen LogP contribution in [0.3, 0.4) is 0 Å². The van der Waals surface area contributed by atoms with Gasteiger partial charge < -0.3 is 5.32 Å². The third kappa shape index (κ3) is 2.73. The van der Waals surface area contributed by atoms with Gasteiger partial charge in [-0.1, -0.05) is 11.6 Å². The third-order valence-corrected chi connectivity index (χ3v) is 4.63. The maximum absolute atomic E-state index is 12.3. The van der Waals surface area contributed by atoms with Crippen LogP contribution in [0.15, 0.2) is 18.2 Å². The Bertz CT molecular complexity index is 593. The van der Waals surface area contributed by atoms with Crippen molar-refractivity contribution < 1.29 is 9.72 Å². The number of nitrogens with zero attached hydrogens (tertiary/aromatic N) is 2. The number of nitro groups is 1. The Hall–Kier alpha value is -1.66. The van der Waals surface area contributed by atoms with Gasteiger partial charge in [0.25, 0.3) is 11.6 Å². The van der Waals surface area contributed by atoms with Crippen LogP contribution in [0.4, 0.5) is 5.69 Å². The van der Waals surface area contributed by atoms with E-state index in [9.17, 15) is 14.9 Å². The van der Waals surface area contributed by atoms with E-state index in [-0.39, 0.29) is 22.7 Å². The molecule has 7 heteroatoms. The second-order valence-electron chi connectivity index (χ2n) is 5.54. The lowest BCUT2D eigenvalue weighted by Gasteiger charge is -2.21. The summed E-state index contributed by atoms with van der Waals surface area (Å²) in [6.07, 6.45) is 3.25. The first-order valence-electron chi connectivity index (χ1n) is 7.05. The minimum atomic E-state index is -0.558. The Morgan fingerprint density at radius 1 is 1.38 bits per heavy atom. The van der Waals surface area contributed by atoms with Gasteiger partial charge in [-0.15, -0.1) is 0 Å². The van der Waals surface area contributed by atoms with Crippen molar-refractivity contribution in [3.8, 4) is 0 Å². The minimum absolute atomic E-state index is 0.0124. The number of carbonyl (C=O) groups is 1. The maximum Gasteiger partial charge on any atom is 0.287 e. The van der Waals surface area contributed by atoms with E-state index >= 15 is 0 Å². The van der Waals surface area contributed by atoms with Crippen molar-refractivity contribution in [3.05, 3.63) is 38.9 Å². The number of nitrogens with one attached hydrogen (secondary N) is 1. The van der Waals surface area contributed by atoms with Crippen LogP contribution in [0, 0.1) is 10.1 Å². The highest BCUT2D eigenvalue weighted by molar-refractivity contribution is 6.33. The van der Waals surface area contributed by atoms with Gasteiger partial charge in [0.05, 0.1) is 4.92 Å². The fraction of sp³-hybridized carbons (Fsp3) is 0.500. The molecule has 0 radical (unpaired) electrons. The normalized spacial score (nSPS) is 24.8. The highest BCUT2D eigenvalue weighted by Gasteiger charge is 2.37. The van der Waals surface area contributed by atoms with Crippen LogP contribution in [-0.2, 0) is 0 Å². The average molecular weight is 310 g/mol. The zero-order valence-electron chi connectivity index (χ0n) is 11.4. The topological polar surface area (TPSA) is 75.5 Å². The molecule has 1 aromatic rings. The van der Waals surface area contributed by atoms with E-state index in [2.05, 4.69) is 10.2 Å². The number of hydrogen-bond acceptors (Lipinski definition) is 4. The monoisotopic (exact) mass is 309 g/mol. The molecule has 21 heavy (non-hydrogen) atoms. The van der Waals surface area contributed by atoms with Gasteiger partial charge in [0.15, 0.2) is 0 Å². The number of benzene rings is 1. The van der Waals surface area contributed by atoms with Gasteiger partial charge in [-0.3, -0.25) is 19.8 Å². The van der Waals surface area contributed by atoms with Crippen LogP contribution < -0.4 is 5.32 Å². The van der Waals surface area contributed by atoms with Gasteiger partial charge in [0, 0.05) is 30.3 Å². The SMILES string of the molecule is O=C(NC1CCN2CCCC12)c1ccc([N+](=O)[O-])c(Cl)c1. The predicted molar refractivity (Wildman–Crippen MR) is 78.6 cm³/mol. The summed E-state index contributed by atoms with van der Waals surface area (Å²) < 4.78 is 0. The summed E-state index contributed by atoms with van der Waals surface area (Å²) in [5, 5.41) is 13.7. The lowest BCUT2D eigenvalue weighted by atomic mass is 10.1. The molecule has 0 saturated carbocycles. The lowest BCUT2D eigenvalue weighted by Crippen LogP contribution is -2.42. The smallest absolute Gasteiger partial charge is 0.287 e. The molecule has 2 heterocycles. The molecule has 2 atom stereocenters. The molecule has 2 unspecified atom stereocenters. The fourth-order valence-corrected chi connectivity index (χ4v) is 3.55. The van der Waals surface area contributed by atoms with Crippen molar-refractivity contribution in [2.45, 2.75) is 31.3 Å². The third-order valence-electron chi connectivity index (χ3n) is 4.33. The molecule has 2 fully saturated rings. The highest BCUT2D eigenvalue weighted by atomic mass is 35.5. The van der Waals surface area contributed by atoms with E-state index in [0.29, 0.717) is 11.6 Å². The average Bonchev–Trinajstić information content (AvgIpc) is 3.03. The Morgan fingerprint density at radius 3 is 2.90 bits per heavy atom. The second-order valence-corrected chi connectivity index (χ2v) is 5.94. The standard InChI is InChI=1S/C14H16ClN3O3/c15-10-8-9(3-4-12(10)18(20)21)14(19)16-11-5-7-17-6-1-2-13(11)17/h3-4,8,11,13H,1-2,5-7H2,(H,16,19). The molecule has 2 aliphatic rings. The molecule has 0 aromatic heterocycles. The molecule has 1 amide bonds. The van der Waals surface area contributed by atoms with Gasteiger partial charge in [0.2, 0.25) is 0 Å². The van der Waals surface area contributed by atoms with Crippen LogP contribution in [0.5, 0.6) is 0 Å². The number of hydrogen-bond donors (Lipinski definition) is 1. The Kier molecular flexibility index (Phi) is 3.82. The van der Waals surface area contributed by atoms with Gasteiger partial charge in [0.1, 0.15) is 5.02 Å². The molecule has 6 nitrogen and oxygen atoms in total. The van der Waals surface area contributed by atoms with Gasteiger partial charge in [-0.05, 0) is 37.9 Å². The summed E-state index contributed by atoms with van der Waals surface area (Å²) >= 11 is 5.84. The van der Waals surface area contributed by atoms with E-state index < -0.39 is 4.92 Å². The Labute approximate surface area is 127 Å². The second kappa shape index (κ2) is 5.61. The molecule has 3 rings (SSSR count). The van der Waals surface area contributed by atoms with Crippen LogP contribution in [0.25, 0.3) is 0 Å². The summed E-state index contributed by atoms with van der Waals surface area (Å²) in [4.78, 5) is 24.8. The van der Waals surface area contributed by atoms with Crippen molar-refractivity contribution in [2.75, 3.05) is 13.1 Å². The van der Waals surface area contributed by atoms with Gasteiger partial charge in [-0.25, -0.2) is 0 Å². The molecule has 112 valence electrons. The van der Waals surface area contributed by atoms with E-state index in [1.807, 2.05) is 0 Å². The maximum atomic E-state index is 12.3. The van der Waals surface area contributed by atoms with E-state index in [1.54, 1.807) is 0 Å². The zero-order valence-corrected chi connectivity index (χ0v) is 12.2.